The van der Waals surface area contributed by atoms with Gasteiger partial charge in [0.1, 0.15) is 10.1 Å². The van der Waals surface area contributed by atoms with Crippen LogP contribution in [0, 0.1) is 0 Å². The van der Waals surface area contributed by atoms with Crippen LogP contribution in [0.4, 0.5) is 0 Å². The van der Waals surface area contributed by atoms with Gasteiger partial charge in [-0.1, -0.05) is 74.2 Å². The minimum absolute atomic E-state index is 0.0382. The number of thioether (sulfide) groups is 1. The number of carbonyl (C=O) groups is 1. The summed E-state index contributed by atoms with van der Waals surface area (Å²) in [6, 6.07) is 16.0. The molecule has 1 aliphatic heterocycles. The second-order valence-electron chi connectivity index (χ2n) is 6.44. The van der Waals surface area contributed by atoms with Crippen LogP contribution >= 0.6 is 24.0 Å². The van der Waals surface area contributed by atoms with E-state index >= 15 is 0 Å². The van der Waals surface area contributed by atoms with Crippen molar-refractivity contribution in [3.63, 3.8) is 0 Å². The lowest BCUT2D eigenvalue weighted by atomic mass is 10.0. The number of thiocarbonyl (C=S) groups is 1. The summed E-state index contributed by atoms with van der Waals surface area (Å²) in [7, 11) is 1.63. The van der Waals surface area contributed by atoms with E-state index in [-0.39, 0.29) is 5.91 Å². The van der Waals surface area contributed by atoms with E-state index in [2.05, 4.69) is 26.0 Å². The normalized spacial score (nSPS) is 16.0. The fourth-order valence-electron chi connectivity index (χ4n) is 2.68. The highest BCUT2D eigenvalue weighted by atomic mass is 32.2. The molecule has 3 nitrogen and oxygen atoms in total. The van der Waals surface area contributed by atoms with Crippen LogP contribution in [-0.2, 0) is 11.3 Å². The number of carbonyl (C=O) groups excluding carboxylic acids is 1. The van der Waals surface area contributed by atoms with E-state index in [1.807, 2.05) is 42.5 Å². The monoisotopic (exact) mass is 383 g/mol. The predicted octanol–water partition coefficient (Wildman–Crippen LogP) is 5.22. The van der Waals surface area contributed by atoms with Crippen molar-refractivity contribution in [3.05, 3.63) is 70.1 Å². The van der Waals surface area contributed by atoms with Gasteiger partial charge < -0.3 is 4.74 Å². The second-order valence-corrected chi connectivity index (χ2v) is 8.11. The Morgan fingerprint density at radius 2 is 1.77 bits per heavy atom. The lowest BCUT2D eigenvalue weighted by molar-refractivity contribution is -0.122. The zero-order chi connectivity index (χ0) is 18.7. The summed E-state index contributed by atoms with van der Waals surface area (Å²) in [4.78, 5) is 15.1. The van der Waals surface area contributed by atoms with Crippen LogP contribution < -0.4 is 4.74 Å². The molecule has 0 bridgehead atoms. The van der Waals surface area contributed by atoms with Gasteiger partial charge in [-0.05, 0) is 40.8 Å². The van der Waals surface area contributed by atoms with Gasteiger partial charge in [-0.15, -0.1) is 0 Å². The van der Waals surface area contributed by atoms with Crippen LogP contribution in [0.25, 0.3) is 6.08 Å². The first kappa shape index (κ1) is 18.7. The van der Waals surface area contributed by atoms with Gasteiger partial charge in [0.15, 0.2) is 0 Å². The largest absolute Gasteiger partial charge is 0.497 e. The van der Waals surface area contributed by atoms with Crippen molar-refractivity contribution < 1.29 is 9.53 Å². The Kier molecular flexibility index (Phi) is 5.79. The first-order valence-corrected chi connectivity index (χ1v) is 9.68. The minimum Gasteiger partial charge on any atom is -0.497 e. The SMILES string of the molecule is COc1ccc(CN2C(=O)/C(=C/c3ccc(C(C)C)cc3)SC2=S)cc1. The number of hydrogen-bond donors (Lipinski definition) is 0. The maximum atomic E-state index is 12.7. The first-order chi connectivity index (χ1) is 12.5. The van der Waals surface area contributed by atoms with E-state index in [1.54, 1.807) is 12.0 Å². The zero-order valence-electron chi connectivity index (χ0n) is 15.1. The molecule has 134 valence electrons. The Labute approximate surface area is 164 Å². The topological polar surface area (TPSA) is 29.5 Å². The molecule has 0 atom stereocenters. The molecule has 26 heavy (non-hydrogen) atoms. The van der Waals surface area contributed by atoms with Crippen molar-refractivity contribution >= 4 is 40.3 Å². The van der Waals surface area contributed by atoms with Crippen LogP contribution in [0.2, 0.25) is 0 Å². The fraction of sp³-hybridized carbons (Fsp3) is 0.238. The second kappa shape index (κ2) is 8.06. The van der Waals surface area contributed by atoms with E-state index in [1.165, 1.54) is 17.3 Å². The van der Waals surface area contributed by atoms with Crippen molar-refractivity contribution in [2.24, 2.45) is 0 Å². The van der Waals surface area contributed by atoms with Crippen LogP contribution in [0.5, 0.6) is 5.75 Å². The highest BCUT2D eigenvalue weighted by molar-refractivity contribution is 8.26. The summed E-state index contributed by atoms with van der Waals surface area (Å²) < 4.78 is 5.76. The molecule has 1 saturated heterocycles. The number of nitrogens with zero attached hydrogens (tertiary/aromatic N) is 1. The summed E-state index contributed by atoms with van der Waals surface area (Å²) in [5.74, 6) is 1.25. The average molecular weight is 384 g/mol. The fourth-order valence-corrected chi connectivity index (χ4v) is 3.93. The van der Waals surface area contributed by atoms with Crippen LogP contribution in [0.3, 0.4) is 0 Å². The molecule has 0 aromatic heterocycles. The van der Waals surface area contributed by atoms with Crippen molar-refractivity contribution in [1.29, 1.82) is 0 Å². The van der Waals surface area contributed by atoms with Crippen LogP contribution in [0.1, 0.15) is 36.5 Å². The summed E-state index contributed by atoms with van der Waals surface area (Å²) in [5.41, 5.74) is 3.32. The predicted molar refractivity (Wildman–Crippen MR) is 112 cm³/mol. The summed E-state index contributed by atoms with van der Waals surface area (Å²) >= 11 is 6.77. The Morgan fingerprint density at radius 1 is 1.12 bits per heavy atom. The molecule has 1 aliphatic rings. The van der Waals surface area contributed by atoms with E-state index in [0.29, 0.717) is 21.7 Å². The van der Waals surface area contributed by atoms with E-state index in [0.717, 1.165) is 16.9 Å². The molecule has 0 saturated carbocycles. The highest BCUT2D eigenvalue weighted by Gasteiger charge is 2.31. The summed E-state index contributed by atoms with van der Waals surface area (Å²) in [5, 5.41) is 0. The van der Waals surface area contributed by atoms with Crippen molar-refractivity contribution in [1.82, 2.24) is 4.90 Å². The van der Waals surface area contributed by atoms with Gasteiger partial charge in [0.25, 0.3) is 5.91 Å². The van der Waals surface area contributed by atoms with Gasteiger partial charge in [0.2, 0.25) is 0 Å². The van der Waals surface area contributed by atoms with Crippen molar-refractivity contribution in [2.45, 2.75) is 26.3 Å². The lowest BCUT2D eigenvalue weighted by Crippen LogP contribution is -2.27. The van der Waals surface area contributed by atoms with Gasteiger partial charge in [-0.25, -0.2) is 0 Å². The standard InChI is InChI=1S/C21H21NO2S2/c1-14(2)17-8-4-15(5-9-17)12-19-20(23)22(21(25)26-19)13-16-6-10-18(24-3)11-7-16/h4-12,14H,13H2,1-3H3/b19-12-. The molecular formula is C21H21NO2S2. The molecule has 2 aromatic carbocycles. The number of rotatable bonds is 5. The molecule has 1 fully saturated rings. The van der Waals surface area contributed by atoms with Gasteiger partial charge in [-0.3, -0.25) is 9.69 Å². The lowest BCUT2D eigenvalue weighted by Gasteiger charge is -2.14. The molecule has 1 heterocycles. The molecule has 0 aliphatic carbocycles. The smallest absolute Gasteiger partial charge is 0.266 e. The summed E-state index contributed by atoms with van der Waals surface area (Å²) in [6.07, 6.45) is 1.91. The molecule has 2 aromatic rings. The quantitative estimate of drug-likeness (QED) is 0.523. The molecule has 1 amide bonds. The average Bonchev–Trinajstić information content (AvgIpc) is 2.90. The Hall–Kier alpha value is -2.11. The Balaban J connectivity index is 1.75. The number of hydrogen-bond acceptors (Lipinski definition) is 4. The van der Waals surface area contributed by atoms with E-state index < -0.39 is 0 Å². The van der Waals surface area contributed by atoms with Crippen LogP contribution in [-0.4, -0.2) is 22.2 Å². The zero-order valence-corrected chi connectivity index (χ0v) is 16.7. The van der Waals surface area contributed by atoms with Gasteiger partial charge >= 0.3 is 0 Å². The molecule has 0 radical (unpaired) electrons. The number of benzene rings is 2. The highest BCUT2D eigenvalue weighted by Crippen LogP contribution is 2.34. The molecule has 0 N–H and O–H groups in total. The Bertz CT molecular complexity index is 839. The van der Waals surface area contributed by atoms with Gasteiger partial charge in [0.05, 0.1) is 18.6 Å². The number of methoxy groups -OCH3 is 1. The third-order valence-corrected chi connectivity index (χ3v) is 5.65. The molecular weight excluding hydrogens is 362 g/mol. The molecule has 0 spiro atoms. The Morgan fingerprint density at radius 3 is 2.35 bits per heavy atom. The number of ether oxygens (including phenoxy) is 1. The van der Waals surface area contributed by atoms with Crippen molar-refractivity contribution in [3.8, 4) is 5.75 Å². The third-order valence-electron chi connectivity index (χ3n) is 4.27. The van der Waals surface area contributed by atoms with E-state index in [9.17, 15) is 4.79 Å². The van der Waals surface area contributed by atoms with Crippen molar-refractivity contribution in [2.75, 3.05) is 7.11 Å². The summed E-state index contributed by atoms with van der Waals surface area (Å²) in [6.45, 7) is 4.80. The minimum atomic E-state index is -0.0382. The maximum absolute atomic E-state index is 12.7. The third kappa shape index (κ3) is 4.17. The van der Waals surface area contributed by atoms with Gasteiger partial charge in [-0.2, -0.15) is 0 Å². The first-order valence-electron chi connectivity index (χ1n) is 8.46. The van der Waals surface area contributed by atoms with Gasteiger partial charge in [0, 0.05) is 0 Å². The maximum Gasteiger partial charge on any atom is 0.266 e. The molecule has 5 heteroatoms. The number of amides is 1. The van der Waals surface area contributed by atoms with E-state index in [4.69, 9.17) is 17.0 Å². The van der Waals surface area contributed by atoms with Crippen LogP contribution in [0.15, 0.2) is 53.4 Å². The molecule has 3 rings (SSSR count). The molecule has 0 unspecified atom stereocenters.